The maximum atomic E-state index is 14.1. The van der Waals surface area contributed by atoms with Gasteiger partial charge in [0, 0.05) is 29.1 Å². The van der Waals surface area contributed by atoms with Gasteiger partial charge in [0.15, 0.2) is 5.82 Å². The van der Waals surface area contributed by atoms with E-state index in [1.54, 1.807) is 24.5 Å². The van der Waals surface area contributed by atoms with Gasteiger partial charge in [-0.05, 0) is 45.8 Å². The van der Waals surface area contributed by atoms with E-state index >= 15 is 0 Å². The fraction of sp³-hybridized carbons (Fsp3) is 0.0714. The highest BCUT2D eigenvalue weighted by Gasteiger charge is 2.06. The molecule has 0 saturated heterocycles. The summed E-state index contributed by atoms with van der Waals surface area (Å²) in [6, 6.07) is 6.85. The number of aromatic nitrogens is 4. The lowest BCUT2D eigenvalue weighted by molar-refractivity contribution is 0.611. The second kappa shape index (κ2) is 6.01. The fourth-order valence-corrected chi connectivity index (χ4v) is 2.30. The highest BCUT2D eigenvalue weighted by molar-refractivity contribution is 9.10. The Kier molecular flexibility index (Phi) is 3.92. The van der Waals surface area contributed by atoms with E-state index in [1.807, 2.05) is 6.07 Å². The largest absolute Gasteiger partial charge is 0.381 e. The van der Waals surface area contributed by atoms with Crippen LogP contribution in [0, 0.1) is 5.82 Å². The summed E-state index contributed by atoms with van der Waals surface area (Å²) < 4.78 is 16.4. The smallest absolute Gasteiger partial charge is 0.150 e. The summed E-state index contributed by atoms with van der Waals surface area (Å²) in [6.45, 7) is 0.564. The van der Waals surface area contributed by atoms with Gasteiger partial charge in [0.25, 0.3) is 0 Å². The number of hydrogen-bond acceptors (Lipinski definition) is 4. The molecule has 106 valence electrons. The average Bonchev–Trinajstić information content (AvgIpc) is 2.99. The van der Waals surface area contributed by atoms with Crippen molar-refractivity contribution in [1.82, 2.24) is 19.7 Å². The van der Waals surface area contributed by atoms with E-state index in [2.05, 4.69) is 36.3 Å². The standard InChI is InChI=1S/C14H11BrFN5/c15-11-3-10(5-17-7-11)6-19-12-1-2-14(13(16)4-12)21-9-18-8-20-21/h1-5,7-9,19H,6H2. The first-order valence-corrected chi connectivity index (χ1v) is 6.99. The Morgan fingerprint density at radius 1 is 1.19 bits per heavy atom. The fourth-order valence-electron chi connectivity index (χ4n) is 1.89. The van der Waals surface area contributed by atoms with Gasteiger partial charge in [0.05, 0.1) is 0 Å². The van der Waals surface area contributed by atoms with Crippen LogP contribution in [0.2, 0.25) is 0 Å². The Bertz CT molecular complexity index is 745. The van der Waals surface area contributed by atoms with E-state index < -0.39 is 0 Å². The number of pyridine rings is 1. The Balaban J connectivity index is 1.74. The quantitative estimate of drug-likeness (QED) is 0.787. The summed E-state index contributed by atoms with van der Waals surface area (Å²) in [4.78, 5) is 7.89. The molecule has 0 atom stereocenters. The Morgan fingerprint density at radius 3 is 2.81 bits per heavy atom. The van der Waals surface area contributed by atoms with Crippen LogP contribution in [0.4, 0.5) is 10.1 Å². The minimum absolute atomic E-state index is 0.363. The monoisotopic (exact) mass is 347 g/mol. The highest BCUT2D eigenvalue weighted by atomic mass is 79.9. The number of anilines is 1. The summed E-state index contributed by atoms with van der Waals surface area (Å²) in [5.41, 5.74) is 2.06. The number of nitrogens with one attached hydrogen (secondary N) is 1. The van der Waals surface area contributed by atoms with Crippen LogP contribution in [0.15, 0.2) is 53.8 Å². The van der Waals surface area contributed by atoms with Crippen LogP contribution in [0.1, 0.15) is 5.56 Å². The molecule has 0 aliphatic rings. The molecule has 0 unspecified atom stereocenters. The lowest BCUT2D eigenvalue weighted by atomic mass is 10.2. The SMILES string of the molecule is Fc1cc(NCc2cncc(Br)c2)ccc1-n1cncn1. The lowest BCUT2D eigenvalue weighted by Gasteiger charge is -2.09. The van der Waals surface area contributed by atoms with Crippen LogP contribution in [-0.4, -0.2) is 19.7 Å². The number of benzene rings is 1. The second-order valence-corrected chi connectivity index (χ2v) is 5.29. The van der Waals surface area contributed by atoms with Crippen molar-refractivity contribution in [2.45, 2.75) is 6.54 Å². The molecule has 3 aromatic rings. The number of hydrogen-bond donors (Lipinski definition) is 1. The number of nitrogens with zero attached hydrogens (tertiary/aromatic N) is 4. The molecule has 3 rings (SSSR count). The molecule has 0 spiro atoms. The molecule has 21 heavy (non-hydrogen) atoms. The molecule has 7 heteroatoms. The number of rotatable bonds is 4. The topological polar surface area (TPSA) is 55.6 Å². The molecule has 1 aromatic carbocycles. The van der Waals surface area contributed by atoms with Crippen LogP contribution >= 0.6 is 15.9 Å². The molecule has 0 aliphatic carbocycles. The zero-order valence-electron chi connectivity index (χ0n) is 10.9. The molecule has 0 aliphatic heterocycles. The van der Waals surface area contributed by atoms with Gasteiger partial charge in [-0.1, -0.05) is 0 Å². The predicted molar refractivity (Wildman–Crippen MR) is 80.6 cm³/mol. The van der Waals surface area contributed by atoms with Crippen molar-refractivity contribution in [3.63, 3.8) is 0 Å². The molecule has 0 fully saturated rings. The third kappa shape index (κ3) is 3.25. The van der Waals surface area contributed by atoms with Crippen molar-refractivity contribution < 1.29 is 4.39 Å². The van der Waals surface area contributed by atoms with E-state index in [0.717, 1.165) is 10.0 Å². The molecule has 2 heterocycles. The lowest BCUT2D eigenvalue weighted by Crippen LogP contribution is -2.03. The summed E-state index contributed by atoms with van der Waals surface area (Å²) in [5.74, 6) is -0.363. The van der Waals surface area contributed by atoms with E-state index in [1.165, 1.54) is 23.4 Å². The van der Waals surface area contributed by atoms with Crippen LogP contribution in [0.5, 0.6) is 0 Å². The van der Waals surface area contributed by atoms with Crippen LogP contribution < -0.4 is 5.32 Å². The third-order valence-electron chi connectivity index (χ3n) is 2.87. The first kappa shape index (κ1) is 13.7. The van der Waals surface area contributed by atoms with Gasteiger partial charge in [-0.15, -0.1) is 0 Å². The average molecular weight is 348 g/mol. The minimum atomic E-state index is -0.363. The van der Waals surface area contributed by atoms with Gasteiger partial charge in [0.2, 0.25) is 0 Å². The zero-order valence-corrected chi connectivity index (χ0v) is 12.5. The molecular weight excluding hydrogens is 337 g/mol. The van der Waals surface area contributed by atoms with Gasteiger partial charge in [-0.25, -0.2) is 14.1 Å². The maximum Gasteiger partial charge on any atom is 0.150 e. The van der Waals surface area contributed by atoms with Crippen molar-refractivity contribution in [3.8, 4) is 5.69 Å². The summed E-state index contributed by atoms with van der Waals surface area (Å²) in [7, 11) is 0. The molecule has 0 amide bonds. The predicted octanol–water partition coefficient (Wildman–Crippen LogP) is 3.18. The summed E-state index contributed by atoms with van der Waals surface area (Å²) in [6.07, 6.45) is 6.30. The van der Waals surface area contributed by atoms with Gasteiger partial charge in [-0.3, -0.25) is 4.98 Å². The van der Waals surface area contributed by atoms with E-state index in [-0.39, 0.29) is 5.82 Å². The normalized spacial score (nSPS) is 10.6. The van der Waals surface area contributed by atoms with Gasteiger partial charge >= 0.3 is 0 Å². The minimum Gasteiger partial charge on any atom is -0.381 e. The summed E-state index contributed by atoms with van der Waals surface area (Å²) in [5, 5.41) is 7.07. The van der Waals surface area contributed by atoms with Crippen LogP contribution in [0.25, 0.3) is 5.69 Å². The van der Waals surface area contributed by atoms with Crippen molar-refractivity contribution in [3.05, 3.63) is 65.2 Å². The molecular formula is C14H11BrFN5. The first-order chi connectivity index (χ1) is 10.2. The van der Waals surface area contributed by atoms with Gasteiger partial charge < -0.3 is 5.32 Å². The van der Waals surface area contributed by atoms with E-state index in [4.69, 9.17) is 0 Å². The van der Waals surface area contributed by atoms with Crippen molar-refractivity contribution in [1.29, 1.82) is 0 Å². The highest BCUT2D eigenvalue weighted by Crippen LogP contribution is 2.18. The summed E-state index contributed by atoms with van der Waals surface area (Å²) >= 11 is 3.37. The molecule has 1 N–H and O–H groups in total. The second-order valence-electron chi connectivity index (χ2n) is 4.37. The first-order valence-electron chi connectivity index (χ1n) is 6.20. The maximum absolute atomic E-state index is 14.1. The zero-order chi connectivity index (χ0) is 14.7. The molecule has 2 aromatic heterocycles. The van der Waals surface area contributed by atoms with Gasteiger partial charge in [-0.2, -0.15) is 5.10 Å². The van der Waals surface area contributed by atoms with Crippen LogP contribution in [-0.2, 0) is 6.54 Å². The van der Waals surface area contributed by atoms with E-state index in [0.29, 0.717) is 17.9 Å². The molecule has 0 saturated carbocycles. The van der Waals surface area contributed by atoms with Crippen molar-refractivity contribution >= 4 is 21.6 Å². The molecule has 5 nitrogen and oxygen atoms in total. The van der Waals surface area contributed by atoms with Crippen molar-refractivity contribution in [2.75, 3.05) is 5.32 Å². The van der Waals surface area contributed by atoms with Gasteiger partial charge in [0.1, 0.15) is 18.3 Å². The van der Waals surface area contributed by atoms with Crippen LogP contribution in [0.3, 0.4) is 0 Å². The molecule has 0 radical (unpaired) electrons. The Labute approximate surface area is 129 Å². The van der Waals surface area contributed by atoms with E-state index in [9.17, 15) is 4.39 Å². The van der Waals surface area contributed by atoms with Crippen molar-refractivity contribution in [2.24, 2.45) is 0 Å². The Hall–Kier alpha value is -2.28. The third-order valence-corrected chi connectivity index (χ3v) is 3.31. The number of halogens is 2. The molecule has 0 bridgehead atoms. The Morgan fingerprint density at radius 2 is 2.10 bits per heavy atom.